The van der Waals surface area contributed by atoms with Crippen molar-refractivity contribution in [1.82, 2.24) is 0 Å². The Balaban J connectivity index is 4.82. The van der Waals surface area contributed by atoms with Crippen molar-refractivity contribution in [3.8, 4) is 0 Å². The third-order valence-corrected chi connectivity index (χ3v) is 61.5. The fourth-order valence-electron chi connectivity index (χ4n) is 7.84. The molecule has 0 unspecified atom stereocenters. The van der Waals surface area contributed by atoms with Crippen LogP contribution >= 0.6 is 0 Å². The summed E-state index contributed by atoms with van der Waals surface area (Å²) in [6, 6.07) is 0. The van der Waals surface area contributed by atoms with Crippen molar-refractivity contribution in [2.45, 2.75) is 200 Å². The molecule has 0 saturated carbocycles. The van der Waals surface area contributed by atoms with Gasteiger partial charge >= 0.3 is 267 Å². The molecule has 0 amide bonds. The zero-order chi connectivity index (χ0) is 32.8. The van der Waals surface area contributed by atoms with E-state index < -0.39 is 55.5 Å². The van der Waals surface area contributed by atoms with Crippen LogP contribution in [-0.2, 0) is 11.1 Å². The van der Waals surface area contributed by atoms with E-state index in [1.807, 2.05) is 0 Å². The molecule has 0 aliphatic carbocycles. The van der Waals surface area contributed by atoms with E-state index in [9.17, 15) is 0 Å². The Morgan fingerprint density at radius 2 is 0.400 bits per heavy atom. The molecule has 1 heterocycles. The molecule has 1 fully saturated rings. The normalized spacial score (nSPS) is 23.4. The second-order valence-electron chi connectivity index (χ2n) is 20.9. The Labute approximate surface area is 264 Å². The first-order valence-corrected chi connectivity index (χ1v) is 29.6. The average molecular weight is 815 g/mol. The fourth-order valence-corrected chi connectivity index (χ4v) is 95.6. The predicted octanol–water partition coefficient (Wildman–Crippen LogP) is 12.2. The maximum atomic E-state index is 8.33. The third kappa shape index (κ3) is 6.29. The van der Waals surface area contributed by atoms with E-state index in [1.165, 1.54) is 0 Å². The quantitative estimate of drug-likeness (QED) is 0.228. The first-order chi connectivity index (χ1) is 16.8. The summed E-state index contributed by atoms with van der Waals surface area (Å²) >= 11 is -8.56. The number of rotatable bonds is 0. The molecule has 0 atom stereocenters. The molecule has 1 saturated heterocycles. The molecule has 1 aliphatic rings. The standard InChI is InChI=1S/2C8H18O2Si.4C4H9.2Sn/c2*1-7(2,3)11(9,10)8(4,5)6;4*1-4(2)3;;/h2*1-6H3;4*1-3H3;;/q2*-2;;;;;2*+2. The van der Waals surface area contributed by atoms with Gasteiger partial charge in [-0.25, -0.2) is 0 Å². The Morgan fingerprint density at radius 1 is 0.275 bits per heavy atom. The van der Waals surface area contributed by atoms with Crippen LogP contribution in [0.15, 0.2) is 0 Å². The Hall–Kier alpha value is 1.87. The molecule has 0 spiro atoms. The Bertz CT molecular complexity index is 682. The van der Waals surface area contributed by atoms with E-state index in [4.69, 9.17) is 11.1 Å². The van der Waals surface area contributed by atoms with Crippen LogP contribution in [-0.4, -0.2) is 55.5 Å². The van der Waals surface area contributed by atoms with Gasteiger partial charge in [0, 0.05) is 0 Å². The third-order valence-electron chi connectivity index (χ3n) is 9.05. The molecule has 0 radical (unpaired) electrons. The van der Waals surface area contributed by atoms with Crippen LogP contribution in [0.3, 0.4) is 0 Å². The number of hydrogen-bond acceptors (Lipinski definition) is 4. The molecule has 0 bridgehead atoms. The Morgan fingerprint density at radius 3 is 0.475 bits per heavy atom. The molecular weight excluding hydrogens is 742 g/mol. The summed E-state index contributed by atoms with van der Waals surface area (Å²) in [4.78, 5) is 0. The summed E-state index contributed by atoms with van der Waals surface area (Å²) in [6.07, 6.45) is 0. The van der Waals surface area contributed by atoms with Crippen LogP contribution in [0.4, 0.5) is 0 Å². The molecule has 0 aromatic heterocycles. The van der Waals surface area contributed by atoms with Crippen LogP contribution in [0.25, 0.3) is 0 Å². The molecule has 0 aromatic carbocycles. The molecule has 0 N–H and O–H groups in total. The van der Waals surface area contributed by atoms with E-state index in [1.54, 1.807) is 0 Å². The molecule has 0 aromatic rings. The van der Waals surface area contributed by atoms with Gasteiger partial charge < -0.3 is 0 Å². The van der Waals surface area contributed by atoms with Gasteiger partial charge in [0.1, 0.15) is 0 Å². The minimum absolute atomic E-state index is 0.151. The van der Waals surface area contributed by atoms with E-state index in [0.717, 1.165) is 0 Å². The summed E-state index contributed by atoms with van der Waals surface area (Å²) in [5, 5.41) is -0.776. The summed E-state index contributed by atoms with van der Waals surface area (Å²) < 4.78 is 32.7. The van der Waals surface area contributed by atoms with Gasteiger partial charge in [-0.1, -0.05) is 0 Å². The zero-order valence-electron chi connectivity index (χ0n) is 31.6. The molecule has 1 aliphatic heterocycles. The summed E-state index contributed by atoms with van der Waals surface area (Å²) in [6.45, 7) is 57.0. The van der Waals surface area contributed by atoms with E-state index in [2.05, 4.69) is 166 Å². The maximum absolute atomic E-state index is 8.33. The van der Waals surface area contributed by atoms with Crippen molar-refractivity contribution in [3.63, 3.8) is 0 Å². The first kappa shape index (κ1) is 39.9. The zero-order valence-corrected chi connectivity index (χ0v) is 39.3. The van der Waals surface area contributed by atoms with Crippen molar-refractivity contribution in [1.29, 1.82) is 0 Å². The van der Waals surface area contributed by atoms with E-state index >= 15 is 0 Å². The van der Waals surface area contributed by atoms with Crippen LogP contribution in [0.1, 0.15) is 166 Å². The van der Waals surface area contributed by atoms with Gasteiger partial charge in [0.25, 0.3) is 0 Å². The van der Waals surface area contributed by atoms with E-state index in [0.29, 0.717) is 0 Å². The molecule has 4 nitrogen and oxygen atoms in total. The fraction of sp³-hybridized carbons (Fsp3) is 1.00. The average Bonchev–Trinajstić information content (AvgIpc) is 2.52. The topological polar surface area (TPSA) is 36.9 Å². The van der Waals surface area contributed by atoms with Crippen molar-refractivity contribution in [3.05, 3.63) is 0 Å². The van der Waals surface area contributed by atoms with Crippen molar-refractivity contribution < 1.29 is 11.1 Å². The predicted molar refractivity (Wildman–Crippen MR) is 185 cm³/mol. The molecular formula is C32H72O4Si2Sn2. The summed E-state index contributed by atoms with van der Waals surface area (Å²) in [5.74, 6) is 0. The van der Waals surface area contributed by atoms with Gasteiger partial charge in [-0.15, -0.1) is 0 Å². The second kappa shape index (κ2) is 10.7. The minimum atomic E-state index is -4.28. The van der Waals surface area contributed by atoms with Crippen molar-refractivity contribution in [2.24, 2.45) is 0 Å². The van der Waals surface area contributed by atoms with Crippen molar-refractivity contribution >= 4 is 55.5 Å². The second-order valence-corrected chi connectivity index (χ2v) is 61.3. The van der Waals surface area contributed by atoms with Gasteiger partial charge in [-0.05, 0) is 0 Å². The molecule has 240 valence electrons. The molecule has 8 heteroatoms. The van der Waals surface area contributed by atoms with Crippen molar-refractivity contribution in [2.75, 3.05) is 0 Å². The number of hydrogen-bond donors (Lipinski definition) is 0. The van der Waals surface area contributed by atoms with Crippen LogP contribution in [0, 0.1) is 0 Å². The molecule has 1 rings (SSSR count). The van der Waals surface area contributed by atoms with Gasteiger partial charge in [-0.3, -0.25) is 0 Å². The van der Waals surface area contributed by atoms with Crippen LogP contribution in [0.2, 0.25) is 33.9 Å². The monoisotopic (exact) mass is 816 g/mol. The SMILES string of the molecule is CC(C)(C)[Si]1(C(C)(C)C)[O][Sn]([C](C)(C)C)([C](C)(C)C)[O][Si](C(C)(C)C)(C(C)(C)C)[O][Sn]([C](C)(C)C)([C](C)(C)C)[O]1. The Kier molecular flexibility index (Phi) is 10.7. The molecule has 40 heavy (non-hydrogen) atoms. The van der Waals surface area contributed by atoms with Gasteiger partial charge in [0.05, 0.1) is 0 Å². The van der Waals surface area contributed by atoms with Crippen LogP contribution in [0.5, 0.6) is 0 Å². The first-order valence-electron chi connectivity index (χ1n) is 15.6. The van der Waals surface area contributed by atoms with E-state index in [-0.39, 0.29) is 33.9 Å². The summed E-state index contributed by atoms with van der Waals surface area (Å²) in [5.41, 5.74) is 0. The summed E-state index contributed by atoms with van der Waals surface area (Å²) in [7, 11) is -6.20. The van der Waals surface area contributed by atoms with Gasteiger partial charge in [0.2, 0.25) is 0 Å². The van der Waals surface area contributed by atoms with Gasteiger partial charge in [0.15, 0.2) is 0 Å². The van der Waals surface area contributed by atoms with Crippen LogP contribution < -0.4 is 0 Å². The van der Waals surface area contributed by atoms with Gasteiger partial charge in [-0.2, -0.15) is 0 Å².